The lowest BCUT2D eigenvalue weighted by Gasteiger charge is -2.56. The van der Waals surface area contributed by atoms with Gasteiger partial charge in [0.1, 0.15) is 11.3 Å². The Labute approximate surface area is 193 Å². The van der Waals surface area contributed by atoms with Crippen molar-refractivity contribution < 1.29 is 9.57 Å². The Hall–Kier alpha value is -1.29. The van der Waals surface area contributed by atoms with Crippen molar-refractivity contribution >= 4 is 5.69 Å². The second-order valence-electron chi connectivity index (χ2n) is 12.9. The lowest BCUT2D eigenvalue weighted by Crippen LogP contribution is -2.54. The summed E-state index contributed by atoms with van der Waals surface area (Å²) < 4.78 is 7.09. The summed E-state index contributed by atoms with van der Waals surface area (Å²) in [4.78, 5) is 11.6. The van der Waals surface area contributed by atoms with Gasteiger partial charge >= 0.3 is 0 Å². The van der Waals surface area contributed by atoms with Crippen molar-refractivity contribution in [3.05, 3.63) is 17.5 Å². The van der Waals surface area contributed by atoms with Crippen LogP contribution in [0.1, 0.15) is 95.4 Å². The van der Waals surface area contributed by atoms with Gasteiger partial charge in [0.25, 0.3) is 0 Å². The highest BCUT2D eigenvalue weighted by Crippen LogP contribution is 2.59. The zero-order valence-corrected chi connectivity index (χ0v) is 20.0. The second kappa shape index (κ2) is 7.10. The normalized spacial score (nSPS) is 45.4. The maximum Gasteiger partial charge on any atom is 0.166 e. The molecule has 1 heterocycles. The molecule has 0 aliphatic heterocycles. The number of hydrogen-bond acceptors (Lipinski definition) is 4. The van der Waals surface area contributed by atoms with E-state index in [1.54, 1.807) is 0 Å². The molecule has 8 bridgehead atoms. The fourth-order valence-corrected chi connectivity index (χ4v) is 9.85. The molecule has 8 aliphatic rings. The van der Waals surface area contributed by atoms with Gasteiger partial charge in [0.05, 0.1) is 11.3 Å². The van der Waals surface area contributed by atoms with Crippen LogP contribution in [0.5, 0.6) is 5.75 Å². The molecule has 1 aromatic heterocycles. The first-order valence-electron chi connectivity index (χ1n) is 13.6. The summed E-state index contributed by atoms with van der Waals surface area (Å²) in [6.45, 7) is 4.31. The Bertz CT molecular complexity index is 838. The Morgan fingerprint density at radius 3 is 1.75 bits per heavy atom. The first kappa shape index (κ1) is 20.1. The van der Waals surface area contributed by atoms with Crippen molar-refractivity contribution in [3.8, 4) is 5.75 Å². The second-order valence-corrected chi connectivity index (χ2v) is 12.9. The van der Waals surface area contributed by atoms with Crippen LogP contribution in [0.2, 0.25) is 0 Å². The molecule has 8 fully saturated rings. The lowest BCUT2D eigenvalue weighted by atomic mass is 9.54. The van der Waals surface area contributed by atoms with Crippen LogP contribution in [0.4, 0.5) is 5.69 Å². The predicted molar refractivity (Wildman–Crippen MR) is 125 cm³/mol. The average Bonchev–Trinajstić information content (AvgIpc) is 2.71. The van der Waals surface area contributed by atoms with Crippen molar-refractivity contribution in [2.24, 2.45) is 35.5 Å². The van der Waals surface area contributed by atoms with Gasteiger partial charge < -0.3 is 4.74 Å². The van der Waals surface area contributed by atoms with Gasteiger partial charge in [0, 0.05) is 5.69 Å². The molecule has 4 heteroatoms. The first-order valence-corrected chi connectivity index (χ1v) is 13.6. The van der Waals surface area contributed by atoms with Crippen molar-refractivity contribution in [2.75, 3.05) is 5.48 Å². The third-order valence-electron chi connectivity index (χ3n) is 10.2. The third kappa shape index (κ3) is 3.30. The molecule has 0 atom stereocenters. The van der Waals surface area contributed by atoms with E-state index in [9.17, 15) is 0 Å². The first-order chi connectivity index (χ1) is 15.5. The van der Waals surface area contributed by atoms with Crippen LogP contribution in [-0.4, -0.2) is 16.2 Å². The van der Waals surface area contributed by atoms with Crippen LogP contribution in [0.3, 0.4) is 0 Å². The minimum absolute atomic E-state index is 0.0344. The number of ether oxygens (including phenoxy) is 1. The van der Waals surface area contributed by atoms with Gasteiger partial charge in [-0.05, 0) is 132 Å². The summed E-state index contributed by atoms with van der Waals surface area (Å²) in [5.74, 6) is 6.28. The molecule has 8 aliphatic carbocycles. The maximum absolute atomic E-state index is 7.09. The summed E-state index contributed by atoms with van der Waals surface area (Å²) in [5.41, 5.74) is 6.75. The molecule has 8 saturated carbocycles. The van der Waals surface area contributed by atoms with Crippen LogP contribution in [0.25, 0.3) is 0 Å². The Morgan fingerprint density at radius 2 is 1.28 bits per heavy atom. The van der Waals surface area contributed by atoms with E-state index in [1.807, 2.05) is 0 Å². The summed E-state index contributed by atoms with van der Waals surface area (Å²) in [6.07, 6.45) is 17.0. The quantitative estimate of drug-likeness (QED) is 0.509. The van der Waals surface area contributed by atoms with Crippen LogP contribution in [0.15, 0.2) is 6.07 Å². The van der Waals surface area contributed by atoms with Crippen molar-refractivity contribution in [3.63, 3.8) is 0 Å². The summed E-state index contributed by atoms with van der Waals surface area (Å²) in [7, 11) is 0. The molecule has 1 N–H and O–H groups in total. The van der Waals surface area contributed by atoms with E-state index in [2.05, 4.69) is 25.4 Å². The third-order valence-corrected chi connectivity index (χ3v) is 10.2. The Kier molecular flexibility index (Phi) is 4.47. The number of hydrogen-bond donors (Lipinski definition) is 1. The largest absolute Gasteiger partial charge is 0.483 e. The fourth-order valence-electron chi connectivity index (χ4n) is 9.85. The van der Waals surface area contributed by atoms with E-state index in [-0.39, 0.29) is 11.2 Å². The van der Waals surface area contributed by atoms with Gasteiger partial charge in [-0.25, -0.2) is 0 Å². The van der Waals surface area contributed by atoms with Gasteiger partial charge in [0.2, 0.25) is 0 Å². The molecular formula is C28H40N2O2. The lowest BCUT2D eigenvalue weighted by molar-refractivity contribution is -0.146. The van der Waals surface area contributed by atoms with Crippen LogP contribution in [0, 0.1) is 42.4 Å². The van der Waals surface area contributed by atoms with Crippen LogP contribution in [-0.2, 0) is 11.3 Å². The number of aromatic nitrogens is 1. The topological polar surface area (TPSA) is 43.4 Å². The average molecular weight is 437 g/mol. The standard InChI is InChI=1S/C28H40N2O2/c1-3-24-26(31-27-11-18-5-19(12-27)7-20(6-18)13-27)25(4-17(2)29-24)30-32-28-14-21-8-22(15-28)10-23(9-21)16-28/h4,18-23H,3,5-16H2,1-2H3,(H,29,30). The number of nitrogens with zero attached hydrogens (tertiary/aromatic N) is 1. The molecule has 1 aromatic rings. The number of rotatable bonds is 6. The molecule has 9 rings (SSSR count). The number of nitrogens with one attached hydrogen (secondary N) is 1. The van der Waals surface area contributed by atoms with Gasteiger partial charge in [-0.2, -0.15) is 0 Å². The van der Waals surface area contributed by atoms with Crippen molar-refractivity contribution in [2.45, 2.75) is 109 Å². The highest BCUT2D eigenvalue weighted by molar-refractivity contribution is 5.58. The molecule has 174 valence electrons. The van der Waals surface area contributed by atoms with E-state index in [0.717, 1.165) is 64.8 Å². The molecule has 32 heavy (non-hydrogen) atoms. The summed E-state index contributed by atoms with van der Waals surface area (Å²) >= 11 is 0. The highest BCUT2D eigenvalue weighted by atomic mass is 16.7. The predicted octanol–water partition coefficient (Wildman–Crippen LogP) is 6.61. The molecule has 4 nitrogen and oxygen atoms in total. The molecule has 0 spiro atoms. The molecule has 0 unspecified atom stereocenters. The molecule has 0 radical (unpaired) electrons. The minimum Gasteiger partial charge on any atom is -0.483 e. The molecule has 0 aromatic carbocycles. The zero-order chi connectivity index (χ0) is 21.5. The van der Waals surface area contributed by atoms with Crippen LogP contribution < -0.4 is 10.2 Å². The van der Waals surface area contributed by atoms with Gasteiger partial charge in [-0.1, -0.05) is 6.92 Å². The molecule has 0 amide bonds. The smallest absolute Gasteiger partial charge is 0.166 e. The summed E-state index contributed by atoms with van der Waals surface area (Å²) in [6, 6.07) is 2.16. The Morgan fingerprint density at radius 1 is 0.812 bits per heavy atom. The monoisotopic (exact) mass is 436 g/mol. The van der Waals surface area contributed by atoms with E-state index in [4.69, 9.17) is 14.6 Å². The van der Waals surface area contributed by atoms with E-state index in [0.29, 0.717) is 0 Å². The van der Waals surface area contributed by atoms with Gasteiger partial charge in [-0.3, -0.25) is 15.3 Å². The molecule has 0 saturated heterocycles. The van der Waals surface area contributed by atoms with E-state index in [1.165, 1.54) is 77.0 Å². The van der Waals surface area contributed by atoms with Crippen molar-refractivity contribution in [1.29, 1.82) is 0 Å². The zero-order valence-electron chi connectivity index (χ0n) is 20.0. The van der Waals surface area contributed by atoms with E-state index >= 15 is 0 Å². The SMILES string of the molecule is CCc1nc(C)cc(NOC23CC4CC(CC(C4)C2)C3)c1OC12CC3CC(CC(C3)C1)C2. The van der Waals surface area contributed by atoms with Gasteiger partial charge in [0.15, 0.2) is 5.75 Å². The Balaban J connectivity index is 1.17. The minimum atomic E-state index is 0.0344. The molecular weight excluding hydrogens is 396 g/mol. The number of aryl methyl sites for hydroxylation is 2. The van der Waals surface area contributed by atoms with E-state index < -0.39 is 0 Å². The number of anilines is 1. The number of pyridine rings is 1. The summed E-state index contributed by atoms with van der Waals surface area (Å²) in [5, 5.41) is 0. The van der Waals surface area contributed by atoms with Crippen LogP contribution >= 0.6 is 0 Å². The highest BCUT2D eigenvalue weighted by Gasteiger charge is 2.54. The van der Waals surface area contributed by atoms with Gasteiger partial charge in [-0.15, -0.1) is 0 Å². The van der Waals surface area contributed by atoms with Crippen molar-refractivity contribution in [1.82, 2.24) is 4.98 Å². The fraction of sp³-hybridized carbons (Fsp3) is 0.821. The maximum atomic E-state index is 7.09.